The molecule has 0 fully saturated rings. The van der Waals surface area contributed by atoms with Gasteiger partial charge in [0.25, 0.3) is 0 Å². The Morgan fingerprint density at radius 2 is 2.04 bits per heavy atom. The van der Waals surface area contributed by atoms with E-state index in [0.717, 1.165) is 23.5 Å². The molecule has 2 N–H and O–H groups in total. The van der Waals surface area contributed by atoms with Gasteiger partial charge in [-0.3, -0.25) is 9.89 Å². The average Bonchev–Trinajstić information content (AvgIpc) is 3.32. The summed E-state index contributed by atoms with van der Waals surface area (Å²) in [6.45, 7) is 3.92. The van der Waals surface area contributed by atoms with Crippen molar-refractivity contribution in [3.63, 3.8) is 0 Å². The van der Waals surface area contributed by atoms with Gasteiger partial charge in [0.15, 0.2) is 5.82 Å². The first-order valence-corrected chi connectivity index (χ1v) is 10.3. The summed E-state index contributed by atoms with van der Waals surface area (Å²) in [7, 11) is 0. The summed E-state index contributed by atoms with van der Waals surface area (Å²) in [6.07, 6.45) is 1.87. The smallest absolute Gasteiger partial charge is 0.233 e. The zero-order chi connectivity index (χ0) is 18.4. The Balaban J connectivity index is 1.47. The van der Waals surface area contributed by atoms with E-state index >= 15 is 0 Å². The third kappa shape index (κ3) is 5.19. The van der Waals surface area contributed by atoms with E-state index in [4.69, 9.17) is 0 Å². The lowest BCUT2D eigenvalue weighted by atomic mass is 10.1. The van der Waals surface area contributed by atoms with Crippen molar-refractivity contribution < 1.29 is 4.79 Å². The molecule has 2 aromatic heterocycles. The van der Waals surface area contributed by atoms with Crippen LogP contribution in [0.1, 0.15) is 25.8 Å². The molecule has 3 rings (SSSR count). The molecule has 0 bridgehead atoms. The molecule has 0 unspecified atom stereocenters. The van der Waals surface area contributed by atoms with E-state index < -0.39 is 0 Å². The predicted molar refractivity (Wildman–Crippen MR) is 107 cm³/mol. The molecule has 26 heavy (non-hydrogen) atoms. The van der Waals surface area contributed by atoms with Gasteiger partial charge in [0.2, 0.25) is 11.1 Å². The lowest BCUT2D eigenvalue weighted by Gasteiger charge is -2.16. The summed E-state index contributed by atoms with van der Waals surface area (Å²) in [6, 6.07) is 14.4. The van der Waals surface area contributed by atoms with Gasteiger partial charge in [0, 0.05) is 6.04 Å². The minimum absolute atomic E-state index is 0.0121. The van der Waals surface area contributed by atoms with Gasteiger partial charge in [0.05, 0.1) is 10.1 Å². The standard InChI is InChI=1S/C19H22N4OS2/c1-13(10-11-15-7-4-3-5-8-15)20-18(24)14(2)26-19-21-17(22-23-19)16-9-6-12-25-16/h3-9,12-14H,10-11H2,1-2H3,(H,20,24)(H,21,22,23)/t13-,14+/m0/s1. The molecule has 0 spiro atoms. The van der Waals surface area contributed by atoms with Gasteiger partial charge in [-0.25, -0.2) is 4.98 Å². The van der Waals surface area contributed by atoms with Crippen LogP contribution in [0.4, 0.5) is 0 Å². The van der Waals surface area contributed by atoms with Crippen LogP contribution < -0.4 is 5.32 Å². The fourth-order valence-electron chi connectivity index (χ4n) is 2.49. The van der Waals surface area contributed by atoms with E-state index in [0.29, 0.717) is 5.16 Å². The Morgan fingerprint density at radius 3 is 2.77 bits per heavy atom. The Morgan fingerprint density at radius 1 is 1.23 bits per heavy atom. The first-order valence-electron chi connectivity index (χ1n) is 8.59. The van der Waals surface area contributed by atoms with E-state index in [9.17, 15) is 4.79 Å². The van der Waals surface area contributed by atoms with Gasteiger partial charge < -0.3 is 5.32 Å². The summed E-state index contributed by atoms with van der Waals surface area (Å²) in [5, 5.41) is 12.6. The molecular formula is C19H22N4OS2. The van der Waals surface area contributed by atoms with E-state index in [-0.39, 0.29) is 17.2 Å². The van der Waals surface area contributed by atoms with Crippen molar-refractivity contribution in [2.24, 2.45) is 0 Å². The molecule has 0 aliphatic heterocycles. The molecule has 1 amide bonds. The molecule has 7 heteroatoms. The average molecular weight is 387 g/mol. The van der Waals surface area contributed by atoms with Crippen molar-refractivity contribution in [3.05, 3.63) is 53.4 Å². The number of thioether (sulfide) groups is 1. The number of carbonyl (C=O) groups is 1. The van der Waals surface area contributed by atoms with Gasteiger partial charge in [-0.1, -0.05) is 48.2 Å². The molecule has 0 saturated carbocycles. The fourth-order valence-corrected chi connectivity index (χ4v) is 3.89. The molecule has 0 aliphatic carbocycles. The van der Waals surface area contributed by atoms with Crippen LogP contribution in [0, 0.1) is 0 Å². The lowest BCUT2D eigenvalue weighted by molar-refractivity contribution is -0.120. The molecule has 3 aromatic rings. The maximum Gasteiger partial charge on any atom is 0.233 e. The van der Waals surface area contributed by atoms with Crippen LogP contribution in [-0.2, 0) is 11.2 Å². The number of nitrogens with zero attached hydrogens (tertiary/aromatic N) is 2. The maximum atomic E-state index is 12.4. The monoisotopic (exact) mass is 386 g/mol. The number of thiophene rings is 1. The lowest BCUT2D eigenvalue weighted by Crippen LogP contribution is -2.37. The van der Waals surface area contributed by atoms with Gasteiger partial charge in [-0.2, -0.15) is 0 Å². The van der Waals surface area contributed by atoms with Gasteiger partial charge in [0.1, 0.15) is 0 Å². The number of hydrogen-bond acceptors (Lipinski definition) is 5. The van der Waals surface area contributed by atoms with Crippen molar-refractivity contribution in [1.29, 1.82) is 0 Å². The zero-order valence-electron chi connectivity index (χ0n) is 14.8. The molecule has 136 valence electrons. The van der Waals surface area contributed by atoms with E-state index in [1.165, 1.54) is 17.3 Å². The van der Waals surface area contributed by atoms with Crippen LogP contribution >= 0.6 is 23.1 Å². The van der Waals surface area contributed by atoms with Crippen LogP contribution in [-0.4, -0.2) is 32.4 Å². The normalized spacial score (nSPS) is 13.3. The Bertz CT molecular complexity index is 817. The van der Waals surface area contributed by atoms with Gasteiger partial charge >= 0.3 is 0 Å². The van der Waals surface area contributed by atoms with Crippen molar-refractivity contribution in [2.45, 2.75) is 43.1 Å². The minimum atomic E-state index is -0.249. The maximum absolute atomic E-state index is 12.4. The number of benzene rings is 1. The summed E-state index contributed by atoms with van der Waals surface area (Å²) in [4.78, 5) is 17.9. The van der Waals surface area contributed by atoms with Crippen LogP contribution in [0.3, 0.4) is 0 Å². The number of H-pyrrole nitrogens is 1. The first kappa shape index (κ1) is 18.7. The third-order valence-electron chi connectivity index (χ3n) is 3.97. The molecule has 0 aliphatic rings. The van der Waals surface area contributed by atoms with Crippen molar-refractivity contribution >= 4 is 29.0 Å². The van der Waals surface area contributed by atoms with Crippen LogP contribution in [0.15, 0.2) is 53.0 Å². The highest BCUT2D eigenvalue weighted by Gasteiger charge is 2.19. The molecule has 2 atom stereocenters. The molecule has 1 aromatic carbocycles. The predicted octanol–water partition coefficient (Wildman–Crippen LogP) is 4.15. The van der Waals surface area contributed by atoms with Crippen molar-refractivity contribution in [3.8, 4) is 10.7 Å². The third-order valence-corrected chi connectivity index (χ3v) is 5.81. The number of rotatable bonds is 8. The molecule has 0 saturated heterocycles. The number of aromatic nitrogens is 3. The summed E-state index contributed by atoms with van der Waals surface area (Å²) < 4.78 is 0. The quantitative estimate of drug-likeness (QED) is 0.571. The van der Waals surface area contributed by atoms with Crippen LogP contribution in [0.5, 0.6) is 0 Å². The second-order valence-electron chi connectivity index (χ2n) is 6.14. The highest BCUT2D eigenvalue weighted by Crippen LogP contribution is 2.25. The summed E-state index contributed by atoms with van der Waals surface area (Å²) >= 11 is 2.97. The fraction of sp³-hybridized carbons (Fsp3) is 0.316. The summed E-state index contributed by atoms with van der Waals surface area (Å²) in [5.74, 6) is 0.754. The SMILES string of the molecule is C[C@@H](CCc1ccccc1)NC(=O)[C@@H](C)Sc1n[nH]c(-c2cccs2)n1. The van der Waals surface area contributed by atoms with Crippen molar-refractivity contribution in [1.82, 2.24) is 20.5 Å². The highest BCUT2D eigenvalue weighted by molar-refractivity contribution is 8.00. The molecular weight excluding hydrogens is 364 g/mol. The zero-order valence-corrected chi connectivity index (χ0v) is 16.4. The molecule has 0 radical (unpaired) electrons. The minimum Gasteiger partial charge on any atom is -0.353 e. The topological polar surface area (TPSA) is 70.7 Å². The van der Waals surface area contributed by atoms with E-state index in [1.807, 2.05) is 49.6 Å². The van der Waals surface area contributed by atoms with Crippen molar-refractivity contribution in [2.75, 3.05) is 0 Å². The number of hydrogen-bond donors (Lipinski definition) is 2. The number of aromatic amines is 1. The second kappa shape index (κ2) is 9.00. The summed E-state index contributed by atoms with van der Waals surface area (Å²) in [5.41, 5.74) is 1.29. The van der Waals surface area contributed by atoms with E-state index in [2.05, 4.69) is 32.6 Å². The number of nitrogens with one attached hydrogen (secondary N) is 2. The van der Waals surface area contributed by atoms with Crippen LogP contribution in [0.2, 0.25) is 0 Å². The Hall–Kier alpha value is -2.12. The van der Waals surface area contributed by atoms with E-state index in [1.54, 1.807) is 11.3 Å². The largest absolute Gasteiger partial charge is 0.353 e. The number of amides is 1. The van der Waals surface area contributed by atoms with Gasteiger partial charge in [-0.05, 0) is 43.7 Å². The van der Waals surface area contributed by atoms with Crippen LogP contribution in [0.25, 0.3) is 10.7 Å². The Kier molecular flexibility index (Phi) is 6.46. The molecule has 5 nitrogen and oxygen atoms in total. The highest BCUT2D eigenvalue weighted by atomic mass is 32.2. The number of carbonyl (C=O) groups excluding carboxylic acids is 1. The first-order chi connectivity index (χ1) is 12.6. The number of aryl methyl sites for hydroxylation is 1. The second-order valence-corrected chi connectivity index (χ2v) is 8.39. The molecule has 2 heterocycles. The van der Waals surface area contributed by atoms with Gasteiger partial charge in [-0.15, -0.1) is 16.4 Å². The Labute approximate surface area is 161 Å².